The van der Waals surface area contributed by atoms with Gasteiger partial charge in [-0.25, -0.2) is 0 Å². The zero-order valence-electron chi connectivity index (χ0n) is 15.3. The van der Waals surface area contributed by atoms with Crippen molar-refractivity contribution >= 4 is 50.7 Å². The number of benzene rings is 3. The monoisotopic (exact) mass is 414 g/mol. The van der Waals surface area contributed by atoms with Gasteiger partial charge < -0.3 is 19.7 Å². The number of anilines is 1. The summed E-state index contributed by atoms with van der Waals surface area (Å²) < 4.78 is 7.41. The topological polar surface area (TPSA) is 46.4 Å². The molecule has 4 aromatic rings. The van der Waals surface area contributed by atoms with Crippen LogP contribution in [0, 0.1) is 0 Å². The number of nitrogens with zero attached hydrogens (tertiary/aromatic N) is 1. The lowest BCUT2D eigenvalue weighted by Crippen LogP contribution is -2.25. The van der Waals surface area contributed by atoms with Crippen LogP contribution in [0.1, 0.15) is 0 Å². The molecular weight excluding hydrogens is 395 g/mol. The number of hydrogen-bond donors (Lipinski definition) is 2. The second-order valence-electron chi connectivity index (χ2n) is 6.67. The van der Waals surface area contributed by atoms with Gasteiger partial charge in [-0.1, -0.05) is 47.5 Å². The Morgan fingerprint density at radius 3 is 2.18 bits per heavy atom. The Kier molecular flexibility index (Phi) is 5.36. The number of para-hydroxylation sites is 2. The first kappa shape index (κ1) is 18.9. The van der Waals surface area contributed by atoms with Crippen molar-refractivity contribution in [3.05, 3.63) is 70.7 Å². The van der Waals surface area contributed by atoms with E-state index in [-0.39, 0.29) is 0 Å². The van der Waals surface area contributed by atoms with E-state index in [0.717, 1.165) is 33.2 Å². The molecule has 0 aliphatic carbocycles. The number of nitrogens with one attached hydrogen (secondary N) is 1. The van der Waals surface area contributed by atoms with Crippen molar-refractivity contribution in [1.29, 1.82) is 0 Å². The highest BCUT2D eigenvalue weighted by Crippen LogP contribution is 2.33. The molecule has 1 unspecified atom stereocenters. The fourth-order valence-corrected chi connectivity index (χ4v) is 3.86. The van der Waals surface area contributed by atoms with Gasteiger partial charge in [0.25, 0.3) is 0 Å². The molecule has 0 aliphatic heterocycles. The lowest BCUT2D eigenvalue weighted by Gasteiger charge is -2.17. The summed E-state index contributed by atoms with van der Waals surface area (Å²) in [6.45, 7) is 0.783. The summed E-state index contributed by atoms with van der Waals surface area (Å²) in [6.07, 6.45) is -0.623. The number of hydrogen-bond acceptors (Lipinski definition) is 3. The van der Waals surface area contributed by atoms with Gasteiger partial charge in [-0.3, -0.25) is 0 Å². The number of methoxy groups -OCH3 is 1. The van der Waals surface area contributed by atoms with Crippen molar-refractivity contribution in [2.75, 3.05) is 19.0 Å². The van der Waals surface area contributed by atoms with Crippen LogP contribution in [-0.4, -0.2) is 29.4 Å². The van der Waals surface area contributed by atoms with Gasteiger partial charge >= 0.3 is 0 Å². The minimum absolute atomic E-state index is 0.378. The smallest absolute Gasteiger partial charge is 0.141 e. The van der Waals surface area contributed by atoms with Crippen molar-refractivity contribution in [2.45, 2.75) is 12.6 Å². The summed E-state index contributed by atoms with van der Waals surface area (Å²) in [5, 5.41) is 17.5. The molecule has 0 saturated heterocycles. The minimum Gasteiger partial charge on any atom is -0.495 e. The van der Waals surface area contributed by atoms with Gasteiger partial charge in [-0.05, 0) is 36.4 Å². The number of rotatable bonds is 6. The van der Waals surface area contributed by atoms with Crippen LogP contribution in [0.5, 0.6) is 5.75 Å². The van der Waals surface area contributed by atoms with Gasteiger partial charge in [0, 0.05) is 27.4 Å². The van der Waals surface area contributed by atoms with E-state index in [4.69, 9.17) is 27.9 Å². The fourth-order valence-electron chi connectivity index (χ4n) is 3.53. The third-order valence-corrected chi connectivity index (χ3v) is 5.29. The van der Waals surface area contributed by atoms with Gasteiger partial charge in [0.15, 0.2) is 0 Å². The van der Waals surface area contributed by atoms with Gasteiger partial charge in [-0.2, -0.15) is 0 Å². The Morgan fingerprint density at radius 2 is 1.57 bits per heavy atom. The molecule has 0 spiro atoms. The Bertz CT molecular complexity index is 1080. The molecule has 0 radical (unpaired) electrons. The minimum atomic E-state index is -0.623. The molecule has 3 aromatic carbocycles. The molecule has 4 rings (SSSR count). The molecule has 4 nitrogen and oxygen atoms in total. The van der Waals surface area contributed by atoms with E-state index in [2.05, 4.69) is 9.88 Å². The summed E-state index contributed by atoms with van der Waals surface area (Å²) in [7, 11) is 1.63. The second kappa shape index (κ2) is 7.92. The Morgan fingerprint density at radius 1 is 0.964 bits per heavy atom. The summed E-state index contributed by atoms with van der Waals surface area (Å²) in [4.78, 5) is 0. The molecule has 0 saturated carbocycles. The molecule has 1 heterocycles. The second-order valence-corrected chi connectivity index (χ2v) is 7.54. The van der Waals surface area contributed by atoms with Crippen LogP contribution in [0.3, 0.4) is 0 Å². The summed E-state index contributed by atoms with van der Waals surface area (Å²) in [5.74, 6) is 0.741. The van der Waals surface area contributed by atoms with E-state index in [1.165, 1.54) is 0 Å². The van der Waals surface area contributed by atoms with Crippen molar-refractivity contribution < 1.29 is 9.84 Å². The zero-order valence-corrected chi connectivity index (χ0v) is 16.8. The van der Waals surface area contributed by atoms with Gasteiger partial charge in [0.05, 0.1) is 36.5 Å². The van der Waals surface area contributed by atoms with E-state index < -0.39 is 6.10 Å². The SMILES string of the molecule is COc1ccccc1NCC(O)Cn1c2cc(Cl)ccc2c2ccc(Cl)cc21. The maximum atomic E-state index is 10.7. The molecule has 0 bridgehead atoms. The standard InChI is InChI=1S/C22H20Cl2N2O2/c1-28-22-5-3-2-4-19(22)25-12-16(27)13-26-20-10-14(23)6-8-17(20)18-9-7-15(24)11-21(18)26/h2-11,16,25,27H,12-13H2,1H3. The predicted octanol–water partition coefficient (Wildman–Crippen LogP) is 5.58. The third-order valence-electron chi connectivity index (χ3n) is 4.82. The van der Waals surface area contributed by atoms with E-state index in [1.807, 2.05) is 60.7 Å². The Hall–Kier alpha value is -2.40. The van der Waals surface area contributed by atoms with Crippen LogP contribution in [0.25, 0.3) is 21.8 Å². The highest BCUT2D eigenvalue weighted by atomic mass is 35.5. The highest BCUT2D eigenvalue weighted by Gasteiger charge is 2.15. The molecule has 6 heteroatoms. The maximum absolute atomic E-state index is 10.7. The first-order valence-electron chi connectivity index (χ1n) is 8.99. The van der Waals surface area contributed by atoms with Gasteiger partial charge in [-0.15, -0.1) is 0 Å². The van der Waals surface area contributed by atoms with E-state index in [9.17, 15) is 5.11 Å². The average Bonchev–Trinajstić information content (AvgIpc) is 2.98. The van der Waals surface area contributed by atoms with Gasteiger partial charge in [0.1, 0.15) is 5.75 Å². The van der Waals surface area contributed by atoms with Crippen LogP contribution in [-0.2, 0) is 6.54 Å². The zero-order chi connectivity index (χ0) is 19.7. The molecule has 2 N–H and O–H groups in total. The van der Waals surface area contributed by atoms with Crippen molar-refractivity contribution in [3.8, 4) is 5.75 Å². The number of halogens is 2. The van der Waals surface area contributed by atoms with E-state index >= 15 is 0 Å². The summed E-state index contributed by atoms with van der Waals surface area (Å²) >= 11 is 12.5. The quantitative estimate of drug-likeness (QED) is 0.432. The molecule has 0 amide bonds. The van der Waals surface area contributed by atoms with Crippen LogP contribution >= 0.6 is 23.2 Å². The summed E-state index contributed by atoms with van der Waals surface area (Å²) in [6, 6.07) is 19.2. The number of aromatic nitrogens is 1. The average molecular weight is 415 g/mol. The first-order chi connectivity index (χ1) is 13.6. The Labute approximate surface area is 173 Å². The van der Waals surface area contributed by atoms with Crippen molar-refractivity contribution in [3.63, 3.8) is 0 Å². The molecule has 1 atom stereocenters. The fraction of sp³-hybridized carbons (Fsp3) is 0.182. The lowest BCUT2D eigenvalue weighted by molar-refractivity contribution is 0.169. The normalized spacial score (nSPS) is 12.4. The van der Waals surface area contributed by atoms with Crippen LogP contribution < -0.4 is 10.1 Å². The molecular formula is C22H20Cl2N2O2. The summed E-state index contributed by atoms with van der Waals surface area (Å²) in [5.41, 5.74) is 2.79. The maximum Gasteiger partial charge on any atom is 0.141 e. The van der Waals surface area contributed by atoms with Crippen molar-refractivity contribution in [2.24, 2.45) is 0 Å². The van der Waals surface area contributed by atoms with Crippen molar-refractivity contribution in [1.82, 2.24) is 4.57 Å². The molecule has 28 heavy (non-hydrogen) atoms. The van der Waals surface area contributed by atoms with E-state index in [1.54, 1.807) is 7.11 Å². The van der Waals surface area contributed by atoms with Gasteiger partial charge in [0.2, 0.25) is 0 Å². The third kappa shape index (κ3) is 3.63. The van der Waals surface area contributed by atoms with Crippen LogP contribution in [0.2, 0.25) is 10.0 Å². The molecule has 0 aliphatic rings. The number of aliphatic hydroxyl groups excluding tert-OH is 1. The molecule has 1 aromatic heterocycles. The van der Waals surface area contributed by atoms with Crippen LogP contribution in [0.15, 0.2) is 60.7 Å². The lowest BCUT2D eigenvalue weighted by atomic mass is 10.1. The van der Waals surface area contributed by atoms with Crippen LogP contribution in [0.4, 0.5) is 5.69 Å². The van der Waals surface area contributed by atoms with E-state index in [0.29, 0.717) is 23.1 Å². The highest BCUT2D eigenvalue weighted by molar-refractivity contribution is 6.32. The molecule has 0 fully saturated rings. The first-order valence-corrected chi connectivity index (χ1v) is 9.74. The largest absolute Gasteiger partial charge is 0.495 e. The number of ether oxygens (including phenoxy) is 1. The number of fused-ring (bicyclic) bond motifs is 3. The number of aliphatic hydroxyl groups is 1. The predicted molar refractivity (Wildman–Crippen MR) is 117 cm³/mol. The Balaban J connectivity index is 1.64. The molecule has 144 valence electrons.